The number of nitrogens with one attached hydrogen (secondary N) is 1. The van der Waals surface area contributed by atoms with E-state index in [1.807, 2.05) is 0 Å². The van der Waals surface area contributed by atoms with E-state index in [1.165, 1.54) is 42.6 Å². The Morgan fingerprint density at radius 1 is 1.22 bits per heavy atom. The van der Waals surface area contributed by atoms with Crippen LogP contribution in [0.3, 0.4) is 0 Å². The zero-order valence-corrected chi connectivity index (χ0v) is 11.8. The molecule has 0 saturated heterocycles. The van der Waals surface area contributed by atoms with E-state index >= 15 is 0 Å². The summed E-state index contributed by atoms with van der Waals surface area (Å²) in [5, 5.41) is 3.68. The van der Waals surface area contributed by atoms with E-state index < -0.39 is 0 Å². The summed E-state index contributed by atoms with van der Waals surface area (Å²) in [7, 11) is 2.30. The highest BCUT2D eigenvalue weighted by molar-refractivity contribution is 5.77. The van der Waals surface area contributed by atoms with Gasteiger partial charge in [0, 0.05) is 13.6 Å². The first kappa shape index (κ1) is 11.9. The second-order valence-electron chi connectivity index (χ2n) is 6.24. The van der Waals surface area contributed by atoms with Crippen LogP contribution in [0.15, 0.2) is 18.2 Å². The van der Waals surface area contributed by atoms with Gasteiger partial charge >= 0.3 is 0 Å². The molecular weight excluding hydrogens is 220 g/mol. The highest BCUT2D eigenvalue weighted by Gasteiger charge is 2.41. The summed E-state index contributed by atoms with van der Waals surface area (Å²) in [5.74, 6) is 0.584. The molecule has 1 aromatic carbocycles. The molecule has 1 N–H and O–H groups in total. The molecule has 0 amide bonds. The number of benzene rings is 1. The Kier molecular flexibility index (Phi) is 2.76. The third kappa shape index (κ3) is 1.62. The average molecular weight is 244 g/mol. The van der Waals surface area contributed by atoms with Crippen molar-refractivity contribution in [1.82, 2.24) is 0 Å². The molecule has 0 aromatic heterocycles. The maximum absolute atomic E-state index is 3.68. The molecule has 1 spiro atoms. The Morgan fingerprint density at radius 3 is 2.61 bits per heavy atom. The number of rotatable bonds is 1. The molecule has 2 nitrogen and oxygen atoms in total. The molecular formula is C16H24N2. The fourth-order valence-corrected chi connectivity index (χ4v) is 3.71. The summed E-state index contributed by atoms with van der Waals surface area (Å²) in [6.07, 6.45) is 5.43. The van der Waals surface area contributed by atoms with Crippen LogP contribution in [-0.2, 0) is 0 Å². The van der Waals surface area contributed by atoms with Crippen LogP contribution in [-0.4, -0.2) is 19.1 Å². The summed E-state index contributed by atoms with van der Waals surface area (Å²) in [4.78, 5) is 2.58. The van der Waals surface area contributed by atoms with Crippen molar-refractivity contribution in [3.63, 3.8) is 0 Å². The maximum Gasteiger partial charge on any atom is 0.0639 e. The van der Waals surface area contributed by atoms with Crippen molar-refractivity contribution in [2.24, 2.45) is 0 Å². The van der Waals surface area contributed by atoms with Crippen molar-refractivity contribution in [1.29, 1.82) is 0 Å². The van der Waals surface area contributed by atoms with E-state index in [2.05, 4.69) is 49.3 Å². The van der Waals surface area contributed by atoms with Crippen molar-refractivity contribution in [3.05, 3.63) is 23.8 Å². The molecule has 0 bridgehead atoms. The van der Waals surface area contributed by atoms with Crippen LogP contribution in [0, 0.1) is 0 Å². The molecule has 1 fully saturated rings. The smallest absolute Gasteiger partial charge is 0.0639 e. The third-order valence-electron chi connectivity index (χ3n) is 4.88. The number of fused-ring (bicyclic) bond motifs is 1. The van der Waals surface area contributed by atoms with E-state index in [9.17, 15) is 0 Å². The lowest BCUT2D eigenvalue weighted by Gasteiger charge is -2.47. The van der Waals surface area contributed by atoms with Crippen LogP contribution in [0.25, 0.3) is 0 Å². The standard InChI is InChI=1S/C16H24N2/c1-12(2)13-7-6-8-14-15(13)18(3)16(11-17-14)9-4-5-10-16/h6-8,12,17H,4-5,9-11H2,1-3H3. The van der Waals surface area contributed by atoms with Crippen molar-refractivity contribution in [2.45, 2.75) is 51.0 Å². The average Bonchev–Trinajstić information content (AvgIpc) is 2.83. The molecule has 98 valence electrons. The Labute approximate surface area is 110 Å². The van der Waals surface area contributed by atoms with Gasteiger partial charge in [-0.05, 0) is 30.4 Å². The first-order valence-corrected chi connectivity index (χ1v) is 7.25. The van der Waals surface area contributed by atoms with E-state index in [4.69, 9.17) is 0 Å². The number of anilines is 2. The number of hydrogen-bond donors (Lipinski definition) is 1. The molecule has 2 aliphatic rings. The molecule has 1 aliphatic heterocycles. The predicted molar refractivity (Wildman–Crippen MR) is 78.6 cm³/mol. The van der Waals surface area contributed by atoms with Crippen molar-refractivity contribution < 1.29 is 0 Å². The summed E-state index contributed by atoms with van der Waals surface area (Å²) < 4.78 is 0. The topological polar surface area (TPSA) is 15.3 Å². The minimum absolute atomic E-state index is 0.373. The quantitative estimate of drug-likeness (QED) is 0.803. The first-order valence-electron chi connectivity index (χ1n) is 7.25. The Balaban J connectivity index is 2.08. The van der Waals surface area contributed by atoms with Gasteiger partial charge in [0.1, 0.15) is 0 Å². The van der Waals surface area contributed by atoms with Crippen LogP contribution in [0.4, 0.5) is 11.4 Å². The van der Waals surface area contributed by atoms with E-state index in [-0.39, 0.29) is 0 Å². The zero-order valence-electron chi connectivity index (χ0n) is 11.8. The van der Waals surface area contributed by atoms with Crippen LogP contribution >= 0.6 is 0 Å². The fraction of sp³-hybridized carbons (Fsp3) is 0.625. The highest BCUT2D eigenvalue weighted by atomic mass is 15.2. The summed E-state index contributed by atoms with van der Waals surface area (Å²) >= 11 is 0. The van der Waals surface area contributed by atoms with Gasteiger partial charge in [-0.2, -0.15) is 0 Å². The Bertz CT molecular complexity index is 444. The van der Waals surface area contributed by atoms with Crippen molar-refractivity contribution in [3.8, 4) is 0 Å². The van der Waals surface area contributed by atoms with Crippen LogP contribution < -0.4 is 10.2 Å². The Morgan fingerprint density at radius 2 is 1.94 bits per heavy atom. The van der Waals surface area contributed by atoms with Crippen molar-refractivity contribution >= 4 is 11.4 Å². The van der Waals surface area contributed by atoms with Gasteiger partial charge in [0.2, 0.25) is 0 Å². The van der Waals surface area contributed by atoms with Gasteiger partial charge in [0.25, 0.3) is 0 Å². The number of nitrogens with zero attached hydrogens (tertiary/aromatic N) is 1. The van der Waals surface area contributed by atoms with Crippen LogP contribution in [0.5, 0.6) is 0 Å². The molecule has 1 saturated carbocycles. The van der Waals surface area contributed by atoms with E-state index in [1.54, 1.807) is 0 Å². The maximum atomic E-state index is 3.68. The number of para-hydroxylation sites is 1. The minimum Gasteiger partial charge on any atom is -0.381 e. The van der Waals surface area contributed by atoms with E-state index in [0.717, 1.165) is 6.54 Å². The van der Waals surface area contributed by atoms with Gasteiger partial charge in [-0.15, -0.1) is 0 Å². The van der Waals surface area contributed by atoms with Crippen LogP contribution in [0.2, 0.25) is 0 Å². The SMILES string of the molecule is CC(C)c1cccc2c1N(C)C1(CCCC1)CN2. The first-order chi connectivity index (χ1) is 8.64. The summed E-state index contributed by atoms with van der Waals surface area (Å²) in [6.45, 7) is 5.69. The fourth-order valence-electron chi connectivity index (χ4n) is 3.71. The largest absolute Gasteiger partial charge is 0.381 e. The van der Waals surface area contributed by atoms with E-state index in [0.29, 0.717) is 11.5 Å². The molecule has 1 aromatic rings. The molecule has 3 rings (SSSR count). The zero-order chi connectivity index (χ0) is 12.8. The number of likely N-dealkylation sites (N-methyl/N-ethyl adjacent to an activating group) is 1. The number of hydrogen-bond acceptors (Lipinski definition) is 2. The lowest BCUT2D eigenvalue weighted by Crippen LogP contribution is -2.53. The van der Waals surface area contributed by atoms with Gasteiger partial charge in [0.05, 0.1) is 16.9 Å². The summed E-state index contributed by atoms with van der Waals surface area (Å²) in [5.41, 5.74) is 4.62. The van der Waals surface area contributed by atoms with Gasteiger partial charge < -0.3 is 10.2 Å². The minimum atomic E-state index is 0.373. The van der Waals surface area contributed by atoms with Gasteiger partial charge in [-0.1, -0.05) is 38.8 Å². The molecule has 18 heavy (non-hydrogen) atoms. The van der Waals surface area contributed by atoms with Crippen LogP contribution in [0.1, 0.15) is 51.0 Å². The predicted octanol–water partition coefficient (Wildman–Crippen LogP) is 3.98. The van der Waals surface area contributed by atoms with Gasteiger partial charge in [0.15, 0.2) is 0 Å². The summed E-state index contributed by atoms with van der Waals surface area (Å²) in [6, 6.07) is 6.69. The van der Waals surface area contributed by atoms with Crippen molar-refractivity contribution in [2.75, 3.05) is 23.8 Å². The Hall–Kier alpha value is -1.18. The monoisotopic (exact) mass is 244 g/mol. The van der Waals surface area contributed by atoms with Gasteiger partial charge in [-0.3, -0.25) is 0 Å². The lowest BCUT2D eigenvalue weighted by molar-refractivity contribution is 0.427. The second-order valence-corrected chi connectivity index (χ2v) is 6.24. The molecule has 2 heteroatoms. The highest BCUT2D eigenvalue weighted by Crippen LogP contribution is 2.46. The molecule has 1 aliphatic carbocycles. The molecule has 0 unspecified atom stereocenters. The molecule has 0 radical (unpaired) electrons. The normalized spacial score (nSPS) is 21.2. The third-order valence-corrected chi connectivity index (χ3v) is 4.88. The molecule has 1 heterocycles. The lowest BCUT2D eigenvalue weighted by atomic mass is 9.88. The van der Waals surface area contributed by atoms with Gasteiger partial charge in [-0.25, -0.2) is 0 Å². The molecule has 0 atom stereocenters. The second kappa shape index (κ2) is 4.18.